The molecule has 8 heteroatoms. The van der Waals surface area contributed by atoms with Crippen molar-refractivity contribution in [1.29, 1.82) is 5.26 Å². The van der Waals surface area contributed by atoms with E-state index in [9.17, 15) is 10.1 Å². The van der Waals surface area contributed by atoms with Crippen LogP contribution in [0.25, 0.3) is 22.4 Å². The summed E-state index contributed by atoms with van der Waals surface area (Å²) in [6, 6.07) is 23.4. The maximum atomic E-state index is 13.2. The Balaban J connectivity index is 1.81. The van der Waals surface area contributed by atoms with Crippen LogP contribution in [0.5, 0.6) is 17.2 Å². The highest BCUT2D eigenvalue weighted by Gasteiger charge is 2.23. The van der Waals surface area contributed by atoms with Gasteiger partial charge in [0.25, 0.3) is 0 Å². The molecule has 4 aromatic rings. The van der Waals surface area contributed by atoms with E-state index >= 15 is 0 Å². The topological polar surface area (TPSA) is 93.5 Å². The van der Waals surface area contributed by atoms with E-state index in [0.29, 0.717) is 44.7 Å². The Morgan fingerprint density at radius 3 is 2.17 bits per heavy atom. The van der Waals surface area contributed by atoms with Crippen molar-refractivity contribution in [1.82, 2.24) is 4.98 Å². The Morgan fingerprint density at radius 2 is 1.60 bits per heavy atom. The number of aromatic nitrogens is 1. The lowest BCUT2D eigenvalue weighted by Gasteiger charge is -2.18. The second-order valence-electron chi connectivity index (χ2n) is 9.19. The summed E-state index contributed by atoms with van der Waals surface area (Å²) in [4.78, 5) is 18.1. The van der Waals surface area contributed by atoms with Crippen molar-refractivity contribution in [3.63, 3.8) is 0 Å². The Labute approximate surface area is 239 Å². The third-order valence-electron chi connectivity index (χ3n) is 6.44. The summed E-state index contributed by atoms with van der Waals surface area (Å²) in [7, 11) is 4.64. The van der Waals surface area contributed by atoms with Gasteiger partial charge in [-0.05, 0) is 56.2 Å². The van der Waals surface area contributed by atoms with E-state index in [2.05, 4.69) is 11.4 Å². The van der Waals surface area contributed by atoms with E-state index < -0.39 is 5.25 Å². The number of pyridine rings is 1. The number of rotatable bonds is 9. The van der Waals surface area contributed by atoms with E-state index in [1.54, 1.807) is 40.4 Å². The van der Waals surface area contributed by atoms with Gasteiger partial charge in [-0.1, -0.05) is 59.8 Å². The maximum absolute atomic E-state index is 13.2. The van der Waals surface area contributed by atoms with Gasteiger partial charge in [0, 0.05) is 16.8 Å². The first-order valence-electron chi connectivity index (χ1n) is 12.6. The van der Waals surface area contributed by atoms with Crippen LogP contribution in [0.1, 0.15) is 23.6 Å². The molecule has 1 heterocycles. The van der Waals surface area contributed by atoms with Crippen molar-refractivity contribution < 1.29 is 19.0 Å². The third kappa shape index (κ3) is 6.05. The zero-order valence-corrected chi connectivity index (χ0v) is 24.2. The minimum Gasteiger partial charge on any atom is -0.493 e. The molecule has 3 aromatic carbocycles. The SMILES string of the molecule is COc1cc(-c2cc(-c3ccccc3)nc(SC(C)C(=O)Nc3ccc(C)cc3C)c2C#N)cc(OC)c1OC. The molecule has 0 saturated carbocycles. The minimum atomic E-state index is -0.529. The predicted octanol–water partition coefficient (Wildman–Crippen LogP) is 7.05. The fourth-order valence-electron chi connectivity index (χ4n) is 4.35. The number of hydrogen-bond acceptors (Lipinski definition) is 7. The van der Waals surface area contributed by atoms with Crippen LogP contribution in [0.2, 0.25) is 0 Å². The Kier molecular flexibility index (Phi) is 8.97. The van der Waals surface area contributed by atoms with Crippen LogP contribution in [0.4, 0.5) is 5.69 Å². The molecule has 0 aliphatic heterocycles. The first-order valence-corrected chi connectivity index (χ1v) is 13.5. The van der Waals surface area contributed by atoms with Gasteiger partial charge >= 0.3 is 0 Å². The molecule has 0 saturated heterocycles. The third-order valence-corrected chi connectivity index (χ3v) is 7.53. The molecule has 1 unspecified atom stereocenters. The number of thioether (sulfide) groups is 1. The second-order valence-corrected chi connectivity index (χ2v) is 10.5. The molecule has 4 rings (SSSR count). The number of benzene rings is 3. The molecule has 0 bridgehead atoms. The number of ether oxygens (including phenoxy) is 3. The van der Waals surface area contributed by atoms with Crippen LogP contribution in [0, 0.1) is 25.2 Å². The Morgan fingerprint density at radius 1 is 0.925 bits per heavy atom. The molecule has 204 valence electrons. The fourth-order valence-corrected chi connectivity index (χ4v) is 5.27. The zero-order chi connectivity index (χ0) is 28.8. The van der Waals surface area contributed by atoms with Crippen LogP contribution in [-0.4, -0.2) is 37.5 Å². The molecule has 7 nitrogen and oxygen atoms in total. The quantitative estimate of drug-likeness (QED) is 0.222. The van der Waals surface area contributed by atoms with E-state index in [0.717, 1.165) is 22.4 Å². The van der Waals surface area contributed by atoms with Gasteiger partial charge in [-0.15, -0.1) is 0 Å². The number of carbonyl (C=O) groups excluding carboxylic acids is 1. The molecule has 0 aliphatic carbocycles. The maximum Gasteiger partial charge on any atom is 0.237 e. The Bertz CT molecular complexity index is 1560. The normalized spacial score (nSPS) is 11.3. The number of anilines is 1. The molecular weight excluding hydrogens is 522 g/mol. The highest BCUT2D eigenvalue weighted by molar-refractivity contribution is 8.00. The summed E-state index contributed by atoms with van der Waals surface area (Å²) in [6.45, 7) is 5.78. The monoisotopic (exact) mass is 553 g/mol. The lowest BCUT2D eigenvalue weighted by molar-refractivity contribution is -0.115. The summed E-state index contributed by atoms with van der Waals surface area (Å²) in [5, 5.41) is 13.3. The first-order chi connectivity index (χ1) is 19.3. The van der Waals surface area contributed by atoms with Crippen molar-refractivity contribution in [3.8, 4) is 45.7 Å². The number of nitrogens with zero attached hydrogens (tertiary/aromatic N) is 2. The van der Waals surface area contributed by atoms with Crippen molar-refractivity contribution >= 4 is 23.4 Å². The van der Waals surface area contributed by atoms with Gasteiger partial charge < -0.3 is 19.5 Å². The van der Waals surface area contributed by atoms with E-state index in [-0.39, 0.29) is 5.91 Å². The summed E-state index contributed by atoms with van der Waals surface area (Å²) < 4.78 is 16.6. The number of carbonyl (C=O) groups is 1. The first kappa shape index (κ1) is 28.5. The fraction of sp³-hybridized carbons (Fsp3) is 0.219. The number of hydrogen-bond donors (Lipinski definition) is 1. The van der Waals surface area contributed by atoms with Gasteiger partial charge in [-0.3, -0.25) is 4.79 Å². The van der Waals surface area contributed by atoms with E-state index in [1.807, 2.05) is 68.4 Å². The number of aryl methyl sites for hydroxylation is 2. The van der Waals surface area contributed by atoms with Crippen molar-refractivity contribution in [3.05, 3.63) is 83.4 Å². The molecule has 1 atom stereocenters. The minimum absolute atomic E-state index is 0.179. The van der Waals surface area contributed by atoms with Crippen LogP contribution >= 0.6 is 11.8 Å². The highest BCUT2D eigenvalue weighted by Crippen LogP contribution is 2.43. The lowest BCUT2D eigenvalue weighted by Crippen LogP contribution is -2.23. The van der Waals surface area contributed by atoms with E-state index in [4.69, 9.17) is 19.2 Å². The Hall–Kier alpha value is -4.48. The van der Waals surface area contributed by atoms with Crippen molar-refractivity contribution in [2.24, 2.45) is 0 Å². The average molecular weight is 554 g/mol. The summed E-state index contributed by atoms with van der Waals surface area (Å²) in [5.74, 6) is 1.21. The number of amides is 1. The molecule has 1 aromatic heterocycles. The summed E-state index contributed by atoms with van der Waals surface area (Å²) in [5.41, 5.74) is 6.11. The smallest absolute Gasteiger partial charge is 0.237 e. The number of methoxy groups -OCH3 is 3. The van der Waals surface area contributed by atoms with E-state index in [1.165, 1.54) is 11.8 Å². The highest BCUT2D eigenvalue weighted by atomic mass is 32.2. The summed E-state index contributed by atoms with van der Waals surface area (Å²) in [6.07, 6.45) is 0. The number of nitriles is 1. The molecule has 0 radical (unpaired) electrons. The van der Waals surface area contributed by atoms with Gasteiger partial charge in [0.1, 0.15) is 11.1 Å². The number of nitrogens with one attached hydrogen (secondary N) is 1. The molecule has 40 heavy (non-hydrogen) atoms. The zero-order valence-electron chi connectivity index (χ0n) is 23.4. The van der Waals surface area contributed by atoms with Gasteiger partial charge in [-0.25, -0.2) is 4.98 Å². The molecule has 1 amide bonds. The lowest BCUT2D eigenvalue weighted by atomic mass is 9.98. The van der Waals surface area contributed by atoms with Gasteiger partial charge in [0.15, 0.2) is 11.5 Å². The van der Waals surface area contributed by atoms with Crippen LogP contribution < -0.4 is 19.5 Å². The van der Waals surface area contributed by atoms with Crippen LogP contribution in [-0.2, 0) is 4.79 Å². The molecule has 1 N–H and O–H groups in total. The standard InChI is InChI=1S/C32H31N3O4S/c1-19-12-13-26(20(2)14-19)34-31(36)21(3)40-32-25(18-33)24(17-27(35-32)22-10-8-7-9-11-22)23-15-28(37-4)30(39-6)29(16-23)38-5/h7-17,21H,1-6H3,(H,34,36). The van der Waals surface area contributed by atoms with Gasteiger partial charge in [0.2, 0.25) is 11.7 Å². The van der Waals surface area contributed by atoms with Gasteiger partial charge in [0.05, 0.1) is 37.8 Å². The molecule has 0 fully saturated rings. The van der Waals surface area contributed by atoms with Crippen LogP contribution in [0.3, 0.4) is 0 Å². The molecular formula is C32H31N3O4S. The molecule has 0 spiro atoms. The van der Waals surface area contributed by atoms with Crippen LogP contribution in [0.15, 0.2) is 71.8 Å². The second kappa shape index (κ2) is 12.6. The molecule has 0 aliphatic rings. The average Bonchev–Trinajstić information content (AvgIpc) is 2.97. The van der Waals surface area contributed by atoms with Gasteiger partial charge in [-0.2, -0.15) is 5.26 Å². The largest absolute Gasteiger partial charge is 0.493 e. The van der Waals surface area contributed by atoms with Crippen molar-refractivity contribution in [2.45, 2.75) is 31.0 Å². The van der Waals surface area contributed by atoms with Crippen molar-refractivity contribution in [2.75, 3.05) is 26.6 Å². The summed E-state index contributed by atoms with van der Waals surface area (Å²) >= 11 is 1.24. The predicted molar refractivity (Wildman–Crippen MR) is 159 cm³/mol.